The lowest BCUT2D eigenvalue weighted by Crippen LogP contribution is -2.32. The standard InChI is InChI=1S/C19H36OP/c1-21(18-13-7-3-8-14-18,19-15-9-4-10-16-19)20-17-11-5-2-6-12-17/h17-19H,2-16H2,1H3/q+1. The van der Waals surface area contributed by atoms with Crippen LogP contribution in [0.4, 0.5) is 0 Å². The zero-order valence-corrected chi connectivity index (χ0v) is 15.1. The lowest BCUT2D eigenvalue weighted by molar-refractivity contribution is 0.159. The van der Waals surface area contributed by atoms with Crippen LogP contribution in [-0.4, -0.2) is 24.1 Å². The van der Waals surface area contributed by atoms with Crippen LogP contribution in [0.25, 0.3) is 0 Å². The fraction of sp³-hybridized carbons (Fsp3) is 1.00. The van der Waals surface area contributed by atoms with Crippen molar-refractivity contribution in [1.82, 2.24) is 0 Å². The molecule has 0 spiro atoms. The Kier molecular flexibility index (Phi) is 6.02. The molecule has 0 aliphatic heterocycles. The van der Waals surface area contributed by atoms with Crippen LogP contribution >= 0.6 is 7.49 Å². The molecule has 122 valence electrons. The van der Waals surface area contributed by atoms with Gasteiger partial charge in [-0.05, 0) is 64.2 Å². The third-order valence-corrected chi connectivity index (χ3v) is 11.2. The molecule has 0 unspecified atom stereocenters. The molecule has 0 bridgehead atoms. The number of hydrogen-bond acceptors (Lipinski definition) is 1. The Morgan fingerprint density at radius 1 is 0.571 bits per heavy atom. The van der Waals surface area contributed by atoms with Crippen molar-refractivity contribution in [1.29, 1.82) is 0 Å². The summed E-state index contributed by atoms with van der Waals surface area (Å²) in [7, 11) is -1.19. The second-order valence-electron chi connectivity index (χ2n) is 8.01. The molecule has 0 aromatic heterocycles. The van der Waals surface area contributed by atoms with E-state index in [0.29, 0.717) is 6.10 Å². The van der Waals surface area contributed by atoms with Crippen molar-refractivity contribution >= 4 is 7.49 Å². The maximum atomic E-state index is 7.07. The summed E-state index contributed by atoms with van der Waals surface area (Å²) in [5.41, 5.74) is 1.91. The Morgan fingerprint density at radius 3 is 1.38 bits per heavy atom. The van der Waals surface area contributed by atoms with Gasteiger partial charge >= 0.3 is 0 Å². The van der Waals surface area contributed by atoms with E-state index >= 15 is 0 Å². The average Bonchev–Trinajstić information content (AvgIpc) is 2.57. The highest BCUT2D eigenvalue weighted by Gasteiger charge is 2.51. The fourth-order valence-corrected chi connectivity index (χ4v) is 9.72. The lowest BCUT2D eigenvalue weighted by Gasteiger charge is -2.41. The molecule has 1 nitrogen and oxygen atoms in total. The number of hydrogen-bond donors (Lipinski definition) is 0. The van der Waals surface area contributed by atoms with E-state index in [1.165, 1.54) is 96.3 Å². The molecular formula is C19H36OP+. The van der Waals surface area contributed by atoms with Crippen molar-refractivity contribution in [3.05, 3.63) is 0 Å². The maximum Gasteiger partial charge on any atom is 0.149 e. The highest BCUT2D eigenvalue weighted by atomic mass is 31.2. The molecule has 3 saturated carbocycles. The molecule has 3 fully saturated rings. The van der Waals surface area contributed by atoms with Crippen molar-refractivity contribution in [2.24, 2.45) is 0 Å². The zero-order chi connectivity index (χ0) is 14.5. The highest BCUT2D eigenvalue weighted by molar-refractivity contribution is 7.72. The number of rotatable bonds is 4. The monoisotopic (exact) mass is 311 g/mol. The molecular weight excluding hydrogens is 275 g/mol. The van der Waals surface area contributed by atoms with Crippen molar-refractivity contribution in [3.63, 3.8) is 0 Å². The largest absolute Gasteiger partial charge is 0.235 e. The van der Waals surface area contributed by atoms with Gasteiger partial charge in [0.15, 0.2) is 0 Å². The molecule has 0 saturated heterocycles. The quantitative estimate of drug-likeness (QED) is 0.534. The lowest BCUT2D eigenvalue weighted by atomic mass is 9.98. The highest BCUT2D eigenvalue weighted by Crippen LogP contribution is 2.71. The first kappa shape index (κ1) is 16.3. The van der Waals surface area contributed by atoms with Crippen LogP contribution in [0.3, 0.4) is 0 Å². The third kappa shape index (κ3) is 4.03. The summed E-state index contributed by atoms with van der Waals surface area (Å²) in [5.74, 6) is 0. The fourth-order valence-electron chi connectivity index (χ4n) is 5.15. The molecule has 0 aromatic carbocycles. The van der Waals surface area contributed by atoms with Crippen LogP contribution in [0, 0.1) is 0 Å². The van der Waals surface area contributed by atoms with E-state index in [4.69, 9.17) is 4.52 Å². The molecule has 21 heavy (non-hydrogen) atoms. The zero-order valence-electron chi connectivity index (χ0n) is 14.2. The van der Waals surface area contributed by atoms with Gasteiger partial charge in [0, 0.05) is 0 Å². The van der Waals surface area contributed by atoms with Crippen molar-refractivity contribution in [2.75, 3.05) is 6.66 Å². The minimum Gasteiger partial charge on any atom is -0.235 e. The molecule has 0 N–H and O–H groups in total. The minimum atomic E-state index is -1.19. The van der Waals surface area contributed by atoms with Crippen LogP contribution in [0.15, 0.2) is 0 Å². The van der Waals surface area contributed by atoms with Crippen LogP contribution in [0.5, 0.6) is 0 Å². The summed E-state index contributed by atoms with van der Waals surface area (Å²) in [5, 5.41) is 0. The van der Waals surface area contributed by atoms with Crippen molar-refractivity contribution < 1.29 is 4.52 Å². The average molecular weight is 311 g/mol. The van der Waals surface area contributed by atoms with Crippen molar-refractivity contribution in [2.45, 2.75) is 114 Å². The Balaban J connectivity index is 1.71. The summed E-state index contributed by atoms with van der Waals surface area (Å²) in [4.78, 5) is 0. The summed E-state index contributed by atoms with van der Waals surface area (Å²) in [6.07, 6.45) is 22.4. The van der Waals surface area contributed by atoms with E-state index in [-0.39, 0.29) is 0 Å². The van der Waals surface area contributed by atoms with Crippen molar-refractivity contribution in [3.8, 4) is 0 Å². The SMILES string of the molecule is C[P+](OC1CCCCC1)(C1CCCCC1)C1CCCCC1. The van der Waals surface area contributed by atoms with Gasteiger partial charge in [-0.25, -0.2) is 4.52 Å². The van der Waals surface area contributed by atoms with Gasteiger partial charge in [-0.1, -0.05) is 32.1 Å². The van der Waals surface area contributed by atoms with Crippen LogP contribution in [0.1, 0.15) is 96.3 Å². The molecule has 2 heteroatoms. The summed E-state index contributed by atoms with van der Waals surface area (Å²) >= 11 is 0. The molecule has 0 atom stereocenters. The van der Waals surface area contributed by atoms with Crippen LogP contribution in [0.2, 0.25) is 0 Å². The second-order valence-corrected chi connectivity index (χ2v) is 11.8. The van der Waals surface area contributed by atoms with Gasteiger partial charge in [0.2, 0.25) is 0 Å². The molecule has 0 heterocycles. The van der Waals surface area contributed by atoms with E-state index in [1.54, 1.807) is 0 Å². The van der Waals surface area contributed by atoms with Gasteiger partial charge < -0.3 is 0 Å². The predicted octanol–water partition coefficient (Wildman–Crippen LogP) is 6.56. The summed E-state index contributed by atoms with van der Waals surface area (Å²) < 4.78 is 7.07. The van der Waals surface area contributed by atoms with E-state index < -0.39 is 7.49 Å². The molecule has 3 aliphatic rings. The predicted molar refractivity (Wildman–Crippen MR) is 94.5 cm³/mol. The van der Waals surface area contributed by atoms with Crippen LogP contribution in [-0.2, 0) is 4.52 Å². The second kappa shape index (κ2) is 7.78. The Morgan fingerprint density at radius 2 is 0.952 bits per heavy atom. The third-order valence-electron chi connectivity index (χ3n) is 6.53. The van der Waals surface area contributed by atoms with E-state index in [2.05, 4.69) is 6.66 Å². The first-order valence-electron chi connectivity index (χ1n) is 9.83. The minimum absolute atomic E-state index is 0.626. The smallest absolute Gasteiger partial charge is 0.149 e. The Bertz CT molecular complexity index is 281. The topological polar surface area (TPSA) is 9.23 Å². The Labute approximate surface area is 133 Å². The van der Waals surface area contributed by atoms with Gasteiger partial charge in [0.25, 0.3) is 0 Å². The van der Waals surface area contributed by atoms with Gasteiger partial charge in [-0.15, -0.1) is 0 Å². The molecule has 3 rings (SSSR count). The van der Waals surface area contributed by atoms with Gasteiger partial charge in [0.1, 0.15) is 13.6 Å². The molecule has 0 aromatic rings. The van der Waals surface area contributed by atoms with Gasteiger partial charge in [-0.2, -0.15) is 0 Å². The van der Waals surface area contributed by atoms with E-state index in [1.807, 2.05) is 0 Å². The molecule has 0 amide bonds. The summed E-state index contributed by atoms with van der Waals surface area (Å²) in [6, 6.07) is 0. The van der Waals surface area contributed by atoms with Gasteiger partial charge in [-0.3, -0.25) is 0 Å². The molecule has 3 aliphatic carbocycles. The first-order valence-corrected chi connectivity index (χ1v) is 12.1. The van der Waals surface area contributed by atoms with Gasteiger partial charge in [0.05, 0.1) is 18.0 Å². The summed E-state index contributed by atoms with van der Waals surface area (Å²) in [6.45, 7) is 2.63. The van der Waals surface area contributed by atoms with E-state index in [9.17, 15) is 0 Å². The van der Waals surface area contributed by atoms with Crippen LogP contribution < -0.4 is 0 Å². The molecule has 0 radical (unpaired) electrons. The Hall–Kier alpha value is 0.390. The van der Waals surface area contributed by atoms with E-state index in [0.717, 1.165) is 11.3 Å². The normalized spacial score (nSPS) is 27.9. The first-order chi connectivity index (χ1) is 10.3. The maximum absolute atomic E-state index is 7.07.